The summed E-state index contributed by atoms with van der Waals surface area (Å²) in [5, 5.41) is 6.24. The number of thiophene rings is 1. The van der Waals surface area contributed by atoms with Gasteiger partial charge in [-0.05, 0) is 17.7 Å². The van der Waals surface area contributed by atoms with Gasteiger partial charge in [0, 0.05) is 24.6 Å². The highest BCUT2D eigenvalue weighted by Gasteiger charge is 2.12. The highest BCUT2D eigenvalue weighted by molar-refractivity contribution is 7.17. The Bertz CT molecular complexity index is 742. The lowest BCUT2D eigenvalue weighted by Crippen LogP contribution is -2.09. The molecule has 0 spiro atoms. The first-order valence-electron chi connectivity index (χ1n) is 6.50. The zero-order valence-electron chi connectivity index (χ0n) is 11.5. The average Bonchev–Trinajstić information content (AvgIpc) is 2.93. The van der Waals surface area contributed by atoms with Crippen LogP contribution >= 0.6 is 11.3 Å². The van der Waals surface area contributed by atoms with Gasteiger partial charge < -0.3 is 10.1 Å². The van der Waals surface area contributed by atoms with Gasteiger partial charge in [-0.1, -0.05) is 12.1 Å². The van der Waals surface area contributed by atoms with Crippen LogP contribution in [0.4, 0.5) is 10.2 Å². The number of ether oxygens (including phenoxy) is 1. The molecule has 0 unspecified atom stereocenters. The van der Waals surface area contributed by atoms with Crippen LogP contribution in [0, 0.1) is 5.82 Å². The fourth-order valence-electron chi connectivity index (χ4n) is 2.12. The monoisotopic (exact) mass is 303 g/mol. The maximum absolute atomic E-state index is 13.1. The summed E-state index contributed by atoms with van der Waals surface area (Å²) in [6, 6.07) is 6.45. The minimum Gasteiger partial charge on any atom is -0.383 e. The maximum atomic E-state index is 13.1. The number of benzene rings is 1. The fraction of sp³-hybridized carbons (Fsp3) is 0.200. The molecule has 21 heavy (non-hydrogen) atoms. The Morgan fingerprint density at radius 2 is 2.05 bits per heavy atom. The van der Waals surface area contributed by atoms with E-state index in [0.29, 0.717) is 13.2 Å². The van der Waals surface area contributed by atoms with E-state index in [1.54, 1.807) is 36.9 Å². The zero-order valence-corrected chi connectivity index (χ0v) is 12.3. The third kappa shape index (κ3) is 2.86. The first-order valence-corrected chi connectivity index (χ1v) is 7.38. The second-order valence-electron chi connectivity index (χ2n) is 4.48. The molecule has 2 aromatic heterocycles. The normalized spacial score (nSPS) is 11.0. The van der Waals surface area contributed by atoms with Crippen LogP contribution in [-0.2, 0) is 4.74 Å². The lowest BCUT2D eigenvalue weighted by Gasteiger charge is -2.07. The molecule has 0 saturated carbocycles. The third-order valence-corrected chi connectivity index (χ3v) is 4.01. The van der Waals surface area contributed by atoms with Gasteiger partial charge in [0.15, 0.2) is 0 Å². The van der Waals surface area contributed by atoms with Gasteiger partial charge in [-0.3, -0.25) is 0 Å². The van der Waals surface area contributed by atoms with Crippen molar-refractivity contribution in [3.8, 4) is 11.1 Å². The summed E-state index contributed by atoms with van der Waals surface area (Å²) in [7, 11) is 1.66. The van der Waals surface area contributed by atoms with E-state index in [2.05, 4.69) is 15.3 Å². The Morgan fingerprint density at radius 1 is 1.24 bits per heavy atom. The van der Waals surface area contributed by atoms with Gasteiger partial charge in [0.1, 0.15) is 22.8 Å². The van der Waals surface area contributed by atoms with Crippen LogP contribution < -0.4 is 5.32 Å². The molecule has 1 N–H and O–H groups in total. The first-order chi connectivity index (χ1) is 10.3. The zero-order chi connectivity index (χ0) is 14.7. The molecule has 4 nitrogen and oxygen atoms in total. The van der Waals surface area contributed by atoms with E-state index in [1.807, 2.05) is 5.38 Å². The molecular weight excluding hydrogens is 289 g/mol. The largest absolute Gasteiger partial charge is 0.383 e. The Labute approximate surface area is 125 Å². The van der Waals surface area contributed by atoms with Crippen molar-refractivity contribution >= 4 is 27.4 Å². The van der Waals surface area contributed by atoms with E-state index >= 15 is 0 Å². The van der Waals surface area contributed by atoms with Crippen LogP contribution in [0.3, 0.4) is 0 Å². The molecule has 1 aromatic carbocycles. The van der Waals surface area contributed by atoms with Crippen molar-refractivity contribution in [2.24, 2.45) is 0 Å². The molecule has 0 aliphatic heterocycles. The van der Waals surface area contributed by atoms with E-state index in [1.165, 1.54) is 12.1 Å². The van der Waals surface area contributed by atoms with Gasteiger partial charge in [-0.15, -0.1) is 11.3 Å². The highest BCUT2D eigenvalue weighted by atomic mass is 32.1. The van der Waals surface area contributed by atoms with Crippen molar-refractivity contribution in [2.75, 3.05) is 25.6 Å². The van der Waals surface area contributed by atoms with Gasteiger partial charge >= 0.3 is 0 Å². The number of fused-ring (bicyclic) bond motifs is 1. The lowest BCUT2D eigenvalue weighted by atomic mass is 10.1. The molecule has 3 rings (SSSR count). The lowest BCUT2D eigenvalue weighted by molar-refractivity contribution is 0.210. The number of rotatable bonds is 5. The molecule has 0 amide bonds. The maximum Gasteiger partial charge on any atom is 0.138 e. The third-order valence-electron chi connectivity index (χ3n) is 3.12. The summed E-state index contributed by atoms with van der Waals surface area (Å²) in [6.07, 6.45) is 1.54. The summed E-state index contributed by atoms with van der Waals surface area (Å²) in [4.78, 5) is 9.51. The van der Waals surface area contributed by atoms with Gasteiger partial charge in [-0.2, -0.15) is 0 Å². The fourth-order valence-corrected chi connectivity index (χ4v) is 3.04. The molecular formula is C15H14FN3OS. The van der Waals surface area contributed by atoms with Crippen LogP contribution in [-0.4, -0.2) is 30.2 Å². The van der Waals surface area contributed by atoms with Crippen LogP contribution in [0.2, 0.25) is 0 Å². The van der Waals surface area contributed by atoms with Gasteiger partial charge in [0.05, 0.1) is 12.0 Å². The van der Waals surface area contributed by atoms with Gasteiger partial charge in [0.2, 0.25) is 0 Å². The molecule has 0 aliphatic rings. The summed E-state index contributed by atoms with van der Waals surface area (Å²) >= 11 is 1.55. The quantitative estimate of drug-likeness (QED) is 0.732. The summed E-state index contributed by atoms with van der Waals surface area (Å²) < 4.78 is 18.1. The molecule has 2 heterocycles. The molecule has 3 aromatic rings. The molecule has 0 fully saturated rings. The predicted octanol–water partition coefficient (Wildman–Crippen LogP) is 3.56. The number of anilines is 1. The van der Waals surface area contributed by atoms with Crippen molar-refractivity contribution in [3.63, 3.8) is 0 Å². The molecule has 6 heteroatoms. The van der Waals surface area contributed by atoms with Crippen molar-refractivity contribution in [1.29, 1.82) is 0 Å². The number of aromatic nitrogens is 2. The Hall–Kier alpha value is -2.05. The van der Waals surface area contributed by atoms with Crippen LogP contribution in [0.25, 0.3) is 21.3 Å². The Morgan fingerprint density at radius 3 is 2.81 bits per heavy atom. The minimum atomic E-state index is -0.243. The Kier molecular flexibility index (Phi) is 4.08. The van der Waals surface area contributed by atoms with E-state index in [-0.39, 0.29) is 5.82 Å². The number of nitrogens with zero attached hydrogens (tertiary/aromatic N) is 2. The number of nitrogens with one attached hydrogen (secondary N) is 1. The van der Waals surface area contributed by atoms with Crippen molar-refractivity contribution in [1.82, 2.24) is 9.97 Å². The molecule has 0 bridgehead atoms. The molecule has 0 radical (unpaired) electrons. The highest BCUT2D eigenvalue weighted by Crippen LogP contribution is 2.36. The van der Waals surface area contributed by atoms with Gasteiger partial charge in [-0.25, -0.2) is 14.4 Å². The topological polar surface area (TPSA) is 47.0 Å². The van der Waals surface area contributed by atoms with Crippen LogP contribution in [0.5, 0.6) is 0 Å². The second-order valence-corrected chi connectivity index (χ2v) is 5.34. The predicted molar refractivity (Wildman–Crippen MR) is 83.2 cm³/mol. The SMILES string of the molecule is COCCNc1ncnc2scc(-c3ccc(F)cc3)c12. The van der Waals surface area contributed by atoms with Crippen molar-refractivity contribution < 1.29 is 9.13 Å². The van der Waals surface area contributed by atoms with E-state index < -0.39 is 0 Å². The van der Waals surface area contributed by atoms with E-state index in [9.17, 15) is 4.39 Å². The molecule has 108 valence electrons. The summed E-state index contributed by atoms with van der Waals surface area (Å²) in [5.74, 6) is 0.533. The average molecular weight is 303 g/mol. The smallest absolute Gasteiger partial charge is 0.138 e. The summed E-state index contributed by atoms with van der Waals surface area (Å²) in [5.41, 5.74) is 1.96. The molecule has 0 atom stereocenters. The number of hydrogen-bond acceptors (Lipinski definition) is 5. The molecule has 0 aliphatic carbocycles. The number of halogens is 1. The summed E-state index contributed by atoms with van der Waals surface area (Å²) in [6.45, 7) is 1.27. The van der Waals surface area contributed by atoms with Crippen molar-refractivity contribution in [2.45, 2.75) is 0 Å². The van der Waals surface area contributed by atoms with Crippen molar-refractivity contribution in [3.05, 3.63) is 41.8 Å². The van der Waals surface area contributed by atoms with Crippen LogP contribution in [0.1, 0.15) is 0 Å². The minimum absolute atomic E-state index is 0.243. The number of methoxy groups -OCH3 is 1. The Balaban J connectivity index is 2.04. The number of hydrogen-bond donors (Lipinski definition) is 1. The molecule has 0 saturated heterocycles. The van der Waals surface area contributed by atoms with E-state index in [4.69, 9.17) is 4.74 Å². The van der Waals surface area contributed by atoms with Gasteiger partial charge in [0.25, 0.3) is 0 Å². The standard InChI is InChI=1S/C15H14FN3OS/c1-20-7-6-17-14-13-12(8-21-15(13)19-9-18-14)10-2-4-11(16)5-3-10/h2-5,8-9H,6-7H2,1H3,(H,17,18,19). The van der Waals surface area contributed by atoms with Crippen LogP contribution in [0.15, 0.2) is 36.0 Å². The first kappa shape index (κ1) is 13.9. The van der Waals surface area contributed by atoms with E-state index in [0.717, 1.165) is 27.2 Å². The second kappa shape index (κ2) is 6.15.